The Bertz CT molecular complexity index is 986. The van der Waals surface area contributed by atoms with E-state index in [2.05, 4.69) is 36.6 Å². The van der Waals surface area contributed by atoms with Crippen LogP contribution in [0.15, 0.2) is 68.4 Å². The maximum Gasteiger partial charge on any atom is 0.261 e. The molecule has 0 unspecified atom stereocenters. The van der Waals surface area contributed by atoms with Gasteiger partial charge in [-0.1, -0.05) is 40.2 Å². The third-order valence-electron chi connectivity index (χ3n) is 3.34. The van der Waals surface area contributed by atoms with Crippen LogP contribution in [0.5, 0.6) is 5.75 Å². The van der Waals surface area contributed by atoms with E-state index in [0.29, 0.717) is 20.9 Å². The number of halogens is 2. The number of nitrogens with one attached hydrogen (secondary N) is 1. The number of benzene rings is 3. The number of phenolic OH excluding ortho intramolecular Hbond substituents is 1. The first-order valence-corrected chi connectivity index (χ1v) is 9.64. The standard InChI is InChI=1S/C16H11Br2NO3S/c17-10-5-7-11(8-6-10)23(21,22)19-15-9-14(18)16(20)13-4-2-1-3-12(13)15/h1-9,19-20H. The molecule has 0 bridgehead atoms. The van der Waals surface area contributed by atoms with E-state index in [1.807, 2.05) is 0 Å². The van der Waals surface area contributed by atoms with Gasteiger partial charge in [0.25, 0.3) is 10.0 Å². The zero-order valence-corrected chi connectivity index (χ0v) is 15.6. The molecule has 23 heavy (non-hydrogen) atoms. The van der Waals surface area contributed by atoms with Crippen molar-refractivity contribution >= 4 is 58.3 Å². The van der Waals surface area contributed by atoms with E-state index in [9.17, 15) is 13.5 Å². The fraction of sp³-hybridized carbons (Fsp3) is 0. The molecule has 0 aliphatic carbocycles. The first kappa shape index (κ1) is 16.3. The fourth-order valence-electron chi connectivity index (χ4n) is 2.23. The molecule has 0 radical (unpaired) electrons. The monoisotopic (exact) mass is 455 g/mol. The SMILES string of the molecule is O=S(=O)(Nc1cc(Br)c(O)c2ccccc12)c1ccc(Br)cc1. The molecule has 3 rings (SSSR count). The van der Waals surface area contributed by atoms with Crippen molar-refractivity contribution in [1.82, 2.24) is 0 Å². The smallest absolute Gasteiger partial charge is 0.261 e. The van der Waals surface area contributed by atoms with Crippen molar-refractivity contribution in [3.05, 3.63) is 63.5 Å². The second-order valence-corrected chi connectivity index (χ2v) is 8.31. The fourth-order valence-corrected chi connectivity index (χ4v) is 4.01. The minimum atomic E-state index is -3.72. The zero-order valence-electron chi connectivity index (χ0n) is 11.6. The molecule has 118 valence electrons. The topological polar surface area (TPSA) is 66.4 Å². The predicted molar refractivity (Wildman–Crippen MR) is 98.3 cm³/mol. The van der Waals surface area contributed by atoms with Crippen LogP contribution in [0.2, 0.25) is 0 Å². The zero-order chi connectivity index (χ0) is 16.6. The van der Waals surface area contributed by atoms with Crippen molar-refractivity contribution in [1.29, 1.82) is 0 Å². The number of rotatable bonds is 3. The Morgan fingerprint density at radius 1 is 0.913 bits per heavy atom. The minimum Gasteiger partial charge on any atom is -0.506 e. The minimum absolute atomic E-state index is 0.0761. The van der Waals surface area contributed by atoms with Crippen molar-refractivity contribution < 1.29 is 13.5 Å². The molecule has 0 saturated heterocycles. The lowest BCUT2D eigenvalue weighted by Crippen LogP contribution is -2.13. The number of anilines is 1. The molecule has 0 spiro atoms. The van der Waals surface area contributed by atoms with E-state index in [1.54, 1.807) is 42.5 Å². The molecule has 0 fully saturated rings. The van der Waals surface area contributed by atoms with Gasteiger partial charge in [-0.05, 0) is 46.3 Å². The second-order valence-electron chi connectivity index (χ2n) is 4.86. The second kappa shape index (κ2) is 6.14. The van der Waals surface area contributed by atoms with Crippen LogP contribution < -0.4 is 4.72 Å². The average Bonchev–Trinajstić information content (AvgIpc) is 2.52. The lowest BCUT2D eigenvalue weighted by Gasteiger charge is -2.13. The number of fused-ring (bicyclic) bond motifs is 1. The molecule has 0 heterocycles. The summed E-state index contributed by atoms with van der Waals surface area (Å²) in [5.41, 5.74) is 0.396. The summed E-state index contributed by atoms with van der Waals surface area (Å²) in [4.78, 5) is 0.161. The molecule has 7 heteroatoms. The number of sulfonamides is 1. The normalized spacial score (nSPS) is 11.6. The van der Waals surface area contributed by atoms with Gasteiger partial charge in [-0.2, -0.15) is 0 Å². The Labute approximate surface area is 150 Å². The summed E-state index contributed by atoms with van der Waals surface area (Å²) in [6, 6.07) is 15.0. The molecule has 0 aliphatic heterocycles. The van der Waals surface area contributed by atoms with Crippen molar-refractivity contribution in [2.24, 2.45) is 0 Å². The summed E-state index contributed by atoms with van der Waals surface area (Å²) in [7, 11) is -3.72. The van der Waals surface area contributed by atoms with Crippen molar-refractivity contribution in [2.75, 3.05) is 4.72 Å². The summed E-state index contributed by atoms with van der Waals surface area (Å²) in [6.07, 6.45) is 0. The molecule has 2 N–H and O–H groups in total. The van der Waals surface area contributed by atoms with Gasteiger partial charge in [-0.25, -0.2) is 8.42 Å². The highest BCUT2D eigenvalue weighted by molar-refractivity contribution is 9.10. The number of aromatic hydroxyl groups is 1. The highest BCUT2D eigenvalue weighted by atomic mass is 79.9. The Hall–Kier alpha value is -1.57. The lowest BCUT2D eigenvalue weighted by molar-refractivity contribution is 0.478. The van der Waals surface area contributed by atoms with Crippen molar-refractivity contribution in [3.8, 4) is 5.75 Å². The van der Waals surface area contributed by atoms with E-state index < -0.39 is 10.0 Å². The van der Waals surface area contributed by atoms with Crippen LogP contribution in [0.3, 0.4) is 0 Å². The van der Waals surface area contributed by atoms with E-state index in [-0.39, 0.29) is 10.6 Å². The van der Waals surface area contributed by atoms with E-state index in [0.717, 1.165) is 4.47 Å². The first-order valence-electron chi connectivity index (χ1n) is 6.57. The van der Waals surface area contributed by atoms with Crippen molar-refractivity contribution in [3.63, 3.8) is 0 Å². The van der Waals surface area contributed by atoms with Crippen molar-refractivity contribution in [2.45, 2.75) is 4.90 Å². The molecule has 0 atom stereocenters. The van der Waals surface area contributed by atoms with Gasteiger partial charge in [0.15, 0.2) is 0 Å². The Morgan fingerprint density at radius 2 is 1.52 bits per heavy atom. The highest BCUT2D eigenvalue weighted by Crippen LogP contribution is 2.38. The van der Waals surface area contributed by atoms with E-state index in [1.165, 1.54) is 12.1 Å². The van der Waals surface area contributed by atoms with Gasteiger partial charge < -0.3 is 5.11 Å². The molecular weight excluding hydrogens is 446 g/mol. The van der Waals surface area contributed by atoms with Crippen LogP contribution in [-0.4, -0.2) is 13.5 Å². The molecule has 0 saturated carbocycles. The van der Waals surface area contributed by atoms with Gasteiger partial charge in [-0.15, -0.1) is 0 Å². The number of hydrogen-bond donors (Lipinski definition) is 2. The molecular formula is C16H11Br2NO3S. The molecule has 4 nitrogen and oxygen atoms in total. The molecule has 3 aromatic carbocycles. The van der Waals surface area contributed by atoms with Crippen LogP contribution in [0.1, 0.15) is 0 Å². The first-order chi connectivity index (χ1) is 10.9. The van der Waals surface area contributed by atoms with Crippen LogP contribution >= 0.6 is 31.9 Å². The van der Waals surface area contributed by atoms with Gasteiger partial charge in [0, 0.05) is 15.2 Å². The third kappa shape index (κ3) is 3.22. The quantitative estimate of drug-likeness (QED) is 0.552. The van der Waals surface area contributed by atoms with Gasteiger partial charge in [0.1, 0.15) is 5.75 Å². The maximum atomic E-state index is 12.5. The molecule has 0 amide bonds. The van der Waals surface area contributed by atoms with Crippen LogP contribution in [0.25, 0.3) is 10.8 Å². The van der Waals surface area contributed by atoms with Crippen LogP contribution in [0, 0.1) is 0 Å². The lowest BCUT2D eigenvalue weighted by atomic mass is 10.1. The van der Waals surface area contributed by atoms with Gasteiger partial charge >= 0.3 is 0 Å². The third-order valence-corrected chi connectivity index (χ3v) is 5.85. The number of hydrogen-bond acceptors (Lipinski definition) is 3. The Morgan fingerprint density at radius 3 is 2.17 bits per heavy atom. The van der Waals surface area contributed by atoms with Crippen LogP contribution in [-0.2, 0) is 10.0 Å². The molecule has 0 aliphatic rings. The Kier molecular flexibility index (Phi) is 4.35. The summed E-state index contributed by atoms with van der Waals surface area (Å²) in [6.45, 7) is 0. The van der Waals surface area contributed by atoms with Gasteiger partial charge in [0.05, 0.1) is 15.1 Å². The predicted octanol–water partition coefficient (Wildman–Crippen LogP) is 4.87. The maximum absolute atomic E-state index is 12.5. The van der Waals surface area contributed by atoms with Gasteiger partial charge in [0.2, 0.25) is 0 Å². The summed E-state index contributed by atoms with van der Waals surface area (Å²) in [5, 5.41) is 11.3. The molecule has 3 aromatic rings. The average molecular weight is 457 g/mol. The van der Waals surface area contributed by atoms with E-state index in [4.69, 9.17) is 0 Å². The van der Waals surface area contributed by atoms with E-state index >= 15 is 0 Å². The summed E-state index contributed by atoms with van der Waals surface area (Å²) in [5.74, 6) is 0.0761. The Balaban J connectivity index is 2.11. The largest absolute Gasteiger partial charge is 0.506 e. The summed E-state index contributed by atoms with van der Waals surface area (Å²) < 4.78 is 28.9. The highest BCUT2D eigenvalue weighted by Gasteiger charge is 2.17. The number of phenols is 1. The molecule has 0 aromatic heterocycles. The van der Waals surface area contributed by atoms with Crippen LogP contribution in [0.4, 0.5) is 5.69 Å². The van der Waals surface area contributed by atoms with Gasteiger partial charge in [-0.3, -0.25) is 4.72 Å². The summed E-state index contributed by atoms with van der Waals surface area (Å²) >= 11 is 6.53.